The number of aryl methyl sites for hydroxylation is 2. The maximum Gasteiger partial charge on any atom is 0.138 e. The topological polar surface area (TPSA) is 64.4 Å². The number of hydrogen-bond acceptors (Lipinski definition) is 5. The van der Waals surface area contributed by atoms with E-state index in [4.69, 9.17) is 10.7 Å². The Hall–Kier alpha value is -3.42. The van der Waals surface area contributed by atoms with E-state index in [0.717, 1.165) is 71.5 Å². The number of para-hydroxylation sites is 1. The smallest absolute Gasteiger partial charge is 0.138 e. The third kappa shape index (κ3) is 3.94. The van der Waals surface area contributed by atoms with Crippen molar-refractivity contribution in [3.05, 3.63) is 82.6 Å². The Kier molecular flexibility index (Phi) is 5.46. The van der Waals surface area contributed by atoms with E-state index >= 15 is 0 Å². The molecule has 7 heteroatoms. The number of pyridine rings is 1. The number of benzene rings is 1. The molecule has 5 heterocycles. The van der Waals surface area contributed by atoms with Crippen LogP contribution < -0.4 is 5.73 Å². The highest BCUT2D eigenvalue weighted by Gasteiger charge is 2.21. The first-order valence-corrected chi connectivity index (χ1v) is 13.0. The normalized spacial score (nSPS) is 16.4. The summed E-state index contributed by atoms with van der Waals surface area (Å²) in [6, 6.07) is 15.3. The Morgan fingerprint density at radius 3 is 2.86 bits per heavy atom. The molecule has 1 aliphatic rings. The van der Waals surface area contributed by atoms with E-state index in [1.54, 1.807) is 11.3 Å². The molecule has 0 spiro atoms. The van der Waals surface area contributed by atoms with E-state index in [1.807, 2.05) is 6.20 Å². The summed E-state index contributed by atoms with van der Waals surface area (Å²) in [7, 11) is 0. The van der Waals surface area contributed by atoms with Crippen LogP contribution in [0.25, 0.3) is 33.6 Å². The maximum atomic E-state index is 6.22. The van der Waals surface area contributed by atoms with Gasteiger partial charge in [-0.05, 0) is 51.0 Å². The van der Waals surface area contributed by atoms with Crippen molar-refractivity contribution in [2.75, 3.05) is 13.1 Å². The second-order valence-corrected chi connectivity index (χ2v) is 10.8. The zero-order valence-corrected chi connectivity index (χ0v) is 21.1. The summed E-state index contributed by atoms with van der Waals surface area (Å²) in [6.07, 6.45) is 6.30. The first kappa shape index (κ1) is 22.1. The average molecular weight is 483 g/mol. The Morgan fingerprint density at radius 2 is 2.06 bits per heavy atom. The number of thiazole rings is 1. The van der Waals surface area contributed by atoms with Crippen LogP contribution in [0.2, 0.25) is 0 Å². The van der Waals surface area contributed by atoms with Crippen LogP contribution in [-0.2, 0) is 6.54 Å². The molecule has 178 valence electrons. The number of imidazole rings is 1. The Labute approximate surface area is 209 Å². The Bertz CT molecular complexity index is 1550. The molecule has 1 unspecified atom stereocenters. The molecule has 35 heavy (non-hydrogen) atoms. The predicted molar refractivity (Wildman–Crippen MR) is 145 cm³/mol. The minimum atomic E-state index is 0.216. The predicted octanol–water partition coefficient (Wildman–Crippen LogP) is 5.47. The number of likely N-dealkylation sites (tertiary alicyclic amines) is 1. The largest absolute Gasteiger partial charge is 0.370 e. The molecule has 2 N–H and O–H groups in total. The molecule has 0 radical (unpaired) electrons. The lowest BCUT2D eigenvalue weighted by molar-refractivity contribution is 0.296. The second kappa shape index (κ2) is 8.66. The van der Waals surface area contributed by atoms with E-state index in [-0.39, 0.29) is 6.04 Å². The van der Waals surface area contributed by atoms with Gasteiger partial charge in [0.1, 0.15) is 11.3 Å². The summed E-state index contributed by atoms with van der Waals surface area (Å²) in [4.78, 5) is 13.2. The van der Waals surface area contributed by atoms with Gasteiger partial charge in [-0.2, -0.15) is 0 Å². The van der Waals surface area contributed by atoms with Gasteiger partial charge in [-0.3, -0.25) is 0 Å². The molecule has 4 aromatic heterocycles. The van der Waals surface area contributed by atoms with Crippen LogP contribution in [0.4, 0.5) is 0 Å². The van der Waals surface area contributed by atoms with Gasteiger partial charge in [0.25, 0.3) is 0 Å². The van der Waals surface area contributed by atoms with Gasteiger partial charge in [-0.15, -0.1) is 11.3 Å². The number of nitrogens with zero attached hydrogens (tertiary/aromatic N) is 5. The molecular weight excluding hydrogens is 452 g/mol. The van der Waals surface area contributed by atoms with Gasteiger partial charge in [0.2, 0.25) is 0 Å². The first-order valence-electron chi connectivity index (χ1n) is 12.2. The molecular formula is C28H30N6S. The van der Waals surface area contributed by atoms with E-state index < -0.39 is 0 Å². The summed E-state index contributed by atoms with van der Waals surface area (Å²) in [5, 5.41) is 2.31. The molecule has 0 bridgehead atoms. The van der Waals surface area contributed by atoms with Crippen LogP contribution in [0.5, 0.6) is 0 Å². The highest BCUT2D eigenvalue weighted by Crippen LogP contribution is 2.33. The summed E-state index contributed by atoms with van der Waals surface area (Å²) in [5.74, 6) is 0. The van der Waals surface area contributed by atoms with Crippen molar-refractivity contribution in [1.29, 1.82) is 0 Å². The summed E-state index contributed by atoms with van der Waals surface area (Å²) < 4.78 is 4.54. The molecule has 1 fully saturated rings. The number of rotatable bonds is 5. The second-order valence-electron chi connectivity index (χ2n) is 9.50. The Morgan fingerprint density at radius 1 is 1.20 bits per heavy atom. The zero-order valence-electron chi connectivity index (χ0n) is 20.2. The van der Waals surface area contributed by atoms with Gasteiger partial charge >= 0.3 is 0 Å². The number of nitrogens with two attached hydrogens (primary N) is 1. The fraction of sp³-hybridized carbons (Fsp3) is 0.286. The molecule has 0 aliphatic carbocycles. The minimum absolute atomic E-state index is 0.216. The zero-order chi connectivity index (χ0) is 24.1. The fourth-order valence-corrected chi connectivity index (χ4v) is 6.02. The lowest BCUT2D eigenvalue weighted by Crippen LogP contribution is -2.41. The molecule has 6 rings (SSSR count). The van der Waals surface area contributed by atoms with Gasteiger partial charge in [0.05, 0.1) is 17.2 Å². The van der Waals surface area contributed by atoms with E-state index in [1.165, 1.54) is 15.8 Å². The third-order valence-electron chi connectivity index (χ3n) is 7.07. The number of piperidine rings is 1. The summed E-state index contributed by atoms with van der Waals surface area (Å²) in [5.41, 5.74) is 13.7. The van der Waals surface area contributed by atoms with Crippen molar-refractivity contribution in [1.82, 2.24) is 23.8 Å². The number of hydrogen-bond donors (Lipinski definition) is 1. The van der Waals surface area contributed by atoms with Crippen molar-refractivity contribution in [2.24, 2.45) is 5.73 Å². The SMILES string of the molecule is C=C(c1ccn2c(C)c(-c3cc4ccccc4n3Cc3cnc(C)s3)nc2c1)N1CCCC(N)C1. The average Bonchev–Trinajstić information content (AvgIpc) is 3.54. The van der Waals surface area contributed by atoms with Crippen molar-refractivity contribution >= 4 is 33.6 Å². The summed E-state index contributed by atoms with van der Waals surface area (Å²) in [6.45, 7) is 11.2. The van der Waals surface area contributed by atoms with E-state index in [9.17, 15) is 0 Å². The molecule has 1 aromatic carbocycles. The Balaban J connectivity index is 1.43. The van der Waals surface area contributed by atoms with Gasteiger partial charge in [0.15, 0.2) is 0 Å². The van der Waals surface area contributed by atoms with Crippen LogP contribution in [-0.4, -0.2) is 43.0 Å². The van der Waals surface area contributed by atoms with Crippen LogP contribution in [0.3, 0.4) is 0 Å². The number of fused-ring (bicyclic) bond motifs is 2. The molecule has 1 aliphatic heterocycles. The molecule has 0 saturated carbocycles. The van der Waals surface area contributed by atoms with Crippen molar-refractivity contribution in [3.63, 3.8) is 0 Å². The highest BCUT2D eigenvalue weighted by atomic mass is 32.1. The van der Waals surface area contributed by atoms with Crippen LogP contribution in [0.1, 0.15) is 34.0 Å². The first-order chi connectivity index (χ1) is 17.0. The number of aromatic nitrogens is 4. The minimum Gasteiger partial charge on any atom is -0.370 e. The van der Waals surface area contributed by atoms with Crippen LogP contribution >= 0.6 is 11.3 Å². The van der Waals surface area contributed by atoms with Crippen molar-refractivity contribution in [2.45, 2.75) is 39.3 Å². The molecule has 1 saturated heterocycles. The quantitative estimate of drug-likeness (QED) is 0.361. The van der Waals surface area contributed by atoms with Crippen molar-refractivity contribution in [3.8, 4) is 11.4 Å². The highest BCUT2D eigenvalue weighted by molar-refractivity contribution is 7.11. The van der Waals surface area contributed by atoms with E-state index in [2.05, 4.69) is 87.9 Å². The summed E-state index contributed by atoms with van der Waals surface area (Å²) >= 11 is 1.75. The standard InChI is InChI=1S/C28H30N6S/c1-18(32-11-6-8-23(29)16-32)21-10-12-33-19(2)28(31-27(33)14-21)26-13-22-7-4-5-9-25(22)34(26)17-24-15-30-20(3)35-24/h4-5,7,9-10,12-15,23H,1,6,8,11,16-17,29H2,2-3H3. The molecule has 5 aromatic rings. The van der Waals surface area contributed by atoms with Gasteiger partial charge in [-0.1, -0.05) is 24.8 Å². The van der Waals surface area contributed by atoms with Crippen LogP contribution in [0.15, 0.2) is 61.4 Å². The van der Waals surface area contributed by atoms with Crippen LogP contribution in [0, 0.1) is 13.8 Å². The fourth-order valence-electron chi connectivity index (χ4n) is 5.24. The lowest BCUT2D eigenvalue weighted by Gasteiger charge is -2.34. The molecule has 1 atom stereocenters. The maximum absolute atomic E-state index is 6.22. The third-order valence-corrected chi connectivity index (χ3v) is 7.97. The van der Waals surface area contributed by atoms with E-state index in [0.29, 0.717) is 0 Å². The van der Waals surface area contributed by atoms with Gasteiger partial charge in [0, 0.05) is 64.3 Å². The van der Waals surface area contributed by atoms with Gasteiger partial charge < -0.3 is 19.6 Å². The molecule has 6 nitrogen and oxygen atoms in total. The van der Waals surface area contributed by atoms with Gasteiger partial charge in [-0.25, -0.2) is 9.97 Å². The monoisotopic (exact) mass is 482 g/mol. The molecule has 0 amide bonds. The van der Waals surface area contributed by atoms with Crippen molar-refractivity contribution < 1.29 is 0 Å². The lowest BCUT2D eigenvalue weighted by atomic mass is 10.0.